The highest BCUT2D eigenvalue weighted by molar-refractivity contribution is 5.72. The van der Waals surface area contributed by atoms with Crippen molar-refractivity contribution in [1.82, 2.24) is 14.4 Å². The quantitative estimate of drug-likeness (QED) is 0.657. The van der Waals surface area contributed by atoms with Crippen LogP contribution in [0.4, 0.5) is 0 Å². The second-order valence-corrected chi connectivity index (χ2v) is 7.66. The van der Waals surface area contributed by atoms with Gasteiger partial charge in [-0.2, -0.15) is 0 Å². The summed E-state index contributed by atoms with van der Waals surface area (Å²) < 4.78 is 12.4. The summed E-state index contributed by atoms with van der Waals surface area (Å²) in [5.41, 5.74) is 2.84. The van der Waals surface area contributed by atoms with Crippen LogP contribution in [-0.2, 0) is 6.54 Å². The molecule has 4 rings (SSSR count). The Kier molecular flexibility index (Phi) is 5.24. The molecule has 1 saturated heterocycles. The maximum atomic E-state index is 12.2. The monoisotopic (exact) mass is 381 g/mol. The molecule has 1 aromatic heterocycles. The van der Waals surface area contributed by atoms with Crippen molar-refractivity contribution < 1.29 is 9.15 Å². The van der Waals surface area contributed by atoms with E-state index in [1.807, 2.05) is 36.4 Å². The summed E-state index contributed by atoms with van der Waals surface area (Å²) in [5.74, 6) is 1.03. The summed E-state index contributed by atoms with van der Waals surface area (Å²) in [6.07, 6.45) is 0. The Bertz CT molecular complexity index is 990. The van der Waals surface area contributed by atoms with Crippen LogP contribution in [0.3, 0.4) is 0 Å². The predicted molar refractivity (Wildman–Crippen MR) is 110 cm³/mol. The van der Waals surface area contributed by atoms with Gasteiger partial charge in [-0.15, -0.1) is 0 Å². The van der Waals surface area contributed by atoms with Gasteiger partial charge in [0, 0.05) is 38.1 Å². The number of aromatic nitrogens is 1. The highest BCUT2D eigenvalue weighted by Crippen LogP contribution is 2.31. The first-order chi connectivity index (χ1) is 13.6. The van der Waals surface area contributed by atoms with Gasteiger partial charge in [-0.25, -0.2) is 4.79 Å². The van der Waals surface area contributed by atoms with E-state index in [0.29, 0.717) is 24.1 Å². The van der Waals surface area contributed by atoms with Gasteiger partial charge in [-0.3, -0.25) is 9.47 Å². The number of para-hydroxylation sites is 2. The summed E-state index contributed by atoms with van der Waals surface area (Å²) in [4.78, 5) is 17.0. The van der Waals surface area contributed by atoms with Gasteiger partial charge in [0.25, 0.3) is 0 Å². The lowest BCUT2D eigenvalue weighted by atomic mass is 9.93. The van der Waals surface area contributed by atoms with Crippen molar-refractivity contribution >= 4 is 11.1 Å². The van der Waals surface area contributed by atoms with Gasteiger partial charge >= 0.3 is 5.76 Å². The second-order valence-electron chi connectivity index (χ2n) is 7.66. The first kappa shape index (κ1) is 18.8. The molecule has 6 heteroatoms. The van der Waals surface area contributed by atoms with E-state index in [-0.39, 0.29) is 5.76 Å². The fourth-order valence-electron chi connectivity index (χ4n) is 4.22. The van der Waals surface area contributed by atoms with E-state index in [2.05, 4.69) is 36.0 Å². The first-order valence-corrected chi connectivity index (χ1v) is 9.68. The molecule has 1 aliphatic heterocycles. The number of likely N-dealkylation sites (N-methyl/N-ethyl adjacent to an activating group) is 1. The highest BCUT2D eigenvalue weighted by Gasteiger charge is 2.35. The number of hydrogen-bond acceptors (Lipinski definition) is 5. The van der Waals surface area contributed by atoms with Gasteiger partial charge in [0.05, 0.1) is 12.6 Å². The number of fused-ring (bicyclic) bond motifs is 1. The molecule has 3 aromatic rings. The Morgan fingerprint density at radius 2 is 1.82 bits per heavy atom. The van der Waals surface area contributed by atoms with Crippen molar-refractivity contribution in [2.24, 2.45) is 0 Å². The third-order valence-electron chi connectivity index (χ3n) is 5.79. The molecule has 6 nitrogen and oxygen atoms in total. The summed E-state index contributed by atoms with van der Waals surface area (Å²) >= 11 is 0. The number of benzene rings is 2. The van der Waals surface area contributed by atoms with Crippen molar-refractivity contribution in [3.8, 4) is 5.75 Å². The van der Waals surface area contributed by atoms with E-state index in [1.54, 1.807) is 11.7 Å². The molecule has 2 unspecified atom stereocenters. The predicted octanol–water partition coefficient (Wildman–Crippen LogP) is 2.63. The Hall–Kier alpha value is -2.57. The van der Waals surface area contributed by atoms with Crippen molar-refractivity contribution in [3.05, 3.63) is 64.6 Å². The van der Waals surface area contributed by atoms with Crippen molar-refractivity contribution in [2.75, 3.05) is 40.8 Å². The molecular weight excluding hydrogens is 354 g/mol. The number of methoxy groups -OCH3 is 1. The summed E-state index contributed by atoms with van der Waals surface area (Å²) in [6, 6.07) is 16.4. The third-order valence-corrected chi connectivity index (χ3v) is 5.79. The standard InChI is InChI=1S/C22H27N3O3/c1-23(2)20-15-24(14-18(20)16-8-10-17(27-3)11-9-16)12-13-25-19-6-4-5-7-21(19)28-22(25)26/h4-11,18,20H,12-15H2,1-3H3. The largest absolute Gasteiger partial charge is 0.497 e. The van der Waals surface area contributed by atoms with Gasteiger partial charge in [-0.1, -0.05) is 24.3 Å². The zero-order valence-corrected chi connectivity index (χ0v) is 16.7. The fraction of sp³-hybridized carbons (Fsp3) is 0.409. The lowest BCUT2D eigenvalue weighted by molar-refractivity contribution is 0.258. The zero-order valence-electron chi connectivity index (χ0n) is 16.7. The second kappa shape index (κ2) is 7.81. The molecule has 0 aliphatic carbocycles. The van der Waals surface area contributed by atoms with Gasteiger partial charge in [-0.05, 0) is 43.9 Å². The topological polar surface area (TPSA) is 50.9 Å². The summed E-state index contributed by atoms with van der Waals surface area (Å²) in [6.45, 7) is 3.40. The van der Waals surface area contributed by atoms with Crippen LogP contribution >= 0.6 is 0 Å². The lowest BCUT2D eigenvalue weighted by Crippen LogP contribution is -2.35. The molecule has 0 amide bonds. The number of rotatable bonds is 6. The van der Waals surface area contributed by atoms with E-state index in [4.69, 9.17) is 9.15 Å². The fourth-order valence-corrected chi connectivity index (χ4v) is 4.22. The number of hydrogen-bond donors (Lipinski definition) is 0. The maximum Gasteiger partial charge on any atom is 0.419 e. The Morgan fingerprint density at radius 3 is 2.54 bits per heavy atom. The molecule has 0 radical (unpaired) electrons. The third kappa shape index (κ3) is 3.57. The van der Waals surface area contributed by atoms with Crippen LogP contribution in [0.25, 0.3) is 11.1 Å². The minimum atomic E-state index is -0.281. The first-order valence-electron chi connectivity index (χ1n) is 9.68. The molecule has 1 aliphatic rings. The molecule has 0 N–H and O–H groups in total. The minimum absolute atomic E-state index is 0.281. The number of oxazole rings is 1. The normalized spacial score (nSPS) is 20.3. The molecule has 0 saturated carbocycles. The highest BCUT2D eigenvalue weighted by atomic mass is 16.5. The van der Waals surface area contributed by atoms with Crippen LogP contribution in [0.2, 0.25) is 0 Å². The van der Waals surface area contributed by atoms with Crippen LogP contribution in [-0.4, -0.2) is 61.2 Å². The van der Waals surface area contributed by atoms with Crippen LogP contribution in [0, 0.1) is 0 Å². The van der Waals surface area contributed by atoms with Crippen LogP contribution in [0.1, 0.15) is 11.5 Å². The molecule has 2 aromatic carbocycles. The van der Waals surface area contributed by atoms with E-state index >= 15 is 0 Å². The summed E-state index contributed by atoms with van der Waals surface area (Å²) in [7, 11) is 5.97. The summed E-state index contributed by atoms with van der Waals surface area (Å²) in [5, 5.41) is 0. The SMILES string of the molecule is COc1ccc(C2CN(CCn3c(=O)oc4ccccc43)CC2N(C)C)cc1. The Labute approximate surface area is 164 Å². The molecule has 0 spiro atoms. The van der Waals surface area contributed by atoms with Crippen LogP contribution in [0.15, 0.2) is 57.7 Å². The molecule has 2 atom stereocenters. The smallest absolute Gasteiger partial charge is 0.419 e. The minimum Gasteiger partial charge on any atom is -0.497 e. The van der Waals surface area contributed by atoms with E-state index in [9.17, 15) is 4.79 Å². The van der Waals surface area contributed by atoms with E-state index in [1.165, 1.54) is 5.56 Å². The number of nitrogens with zero attached hydrogens (tertiary/aromatic N) is 3. The van der Waals surface area contributed by atoms with Crippen molar-refractivity contribution in [3.63, 3.8) is 0 Å². The van der Waals surface area contributed by atoms with Gasteiger partial charge < -0.3 is 14.1 Å². The average molecular weight is 381 g/mol. The molecule has 0 bridgehead atoms. The molecular formula is C22H27N3O3. The Morgan fingerprint density at radius 1 is 1.07 bits per heavy atom. The number of likely N-dealkylation sites (tertiary alicyclic amines) is 1. The van der Waals surface area contributed by atoms with Crippen molar-refractivity contribution in [2.45, 2.75) is 18.5 Å². The van der Waals surface area contributed by atoms with Crippen molar-refractivity contribution in [1.29, 1.82) is 0 Å². The van der Waals surface area contributed by atoms with Crippen LogP contribution < -0.4 is 10.5 Å². The van der Waals surface area contributed by atoms with Gasteiger partial charge in [0.1, 0.15) is 5.75 Å². The molecule has 148 valence electrons. The van der Waals surface area contributed by atoms with E-state index < -0.39 is 0 Å². The molecule has 2 heterocycles. The zero-order chi connectivity index (χ0) is 19.7. The number of ether oxygens (including phenoxy) is 1. The van der Waals surface area contributed by atoms with Crippen LogP contribution in [0.5, 0.6) is 5.75 Å². The van der Waals surface area contributed by atoms with E-state index in [0.717, 1.165) is 30.9 Å². The average Bonchev–Trinajstić information content (AvgIpc) is 3.27. The lowest BCUT2D eigenvalue weighted by Gasteiger charge is -2.25. The molecule has 28 heavy (non-hydrogen) atoms. The van der Waals surface area contributed by atoms with Gasteiger partial charge in [0.15, 0.2) is 5.58 Å². The Balaban J connectivity index is 1.49. The van der Waals surface area contributed by atoms with Gasteiger partial charge in [0.2, 0.25) is 0 Å². The molecule has 1 fully saturated rings. The maximum absolute atomic E-state index is 12.2.